The van der Waals surface area contributed by atoms with Crippen molar-refractivity contribution >= 4 is 23.5 Å². The van der Waals surface area contributed by atoms with Gasteiger partial charge in [-0.05, 0) is 29.0 Å². The normalized spacial score (nSPS) is 18.2. The predicted molar refractivity (Wildman–Crippen MR) is 102 cm³/mol. The molecule has 0 aliphatic heterocycles. The zero-order chi connectivity index (χ0) is 17.1. The number of rotatable bonds is 5. The number of thiophene rings is 1. The summed E-state index contributed by atoms with van der Waals surface area (Å²) in [5, 5.41) is 6.10. The summed E-state index contributed by atoms with van der Waals surface area (Å²) in [6.45, 7) is 0. The van der Waals surface area contributed by atoms with Crippen LogP contribution >= 0.6 is 11.3 Å². The van der Waals surface area contributed by atoms with Crippen LogP contribution < -0.4 is 5.43 Å². The van der Waals surface area contributed by atoms with E-state index in [2.05, 4.69) is 34.8 Å². The highest BCUT2D eigenvalue weighted by molar-refractivity contribution is 7.11. The lowest BCUT2D eigenvalue weighted by Crippen LogP contribution is -2.25. The number of hydrogen-bond donors (Lipinski definition) is 1. The fourth-order valence-electron chi connectivity index (χ4n) is 3.46. The van der Waals surface area contributed by atoms with Crippen molar-refractivity contribution in [2.24, 2.45) is 11.0 Å². The molecule has 4 rings (SSSR count). The molecule has 1 saturated carbocycles. The maximum Gasteiger partial charge on any atom is 0.244 e. The summed E-state index contributed by atoms with van der Waals surface area (Å²) in [5.41, 5.74) is 4.84. The van der Waals surface area contributed by atoms with Crippen LogP contribution in [0.4, 0.5) is 0 Å². The molecule has 0 spiro atoms. The molecule has 3 nitrogen and oxygen atoms in total. The minimum atomic E-state index is -0.245. The number of carbonyl (C=O) groups is 1. The Balaban J connectivity index is 1.57. The van der Waals surface area contributed by atoms with Crippen molar-refractivity contribution in [2.45, 2.75) is 11.8 Å². The monoisotopic (exact) mass is 346 g/mol. The molecule has 1 N–H and O–H groups in total. The van der Waals surface area contributed by atoms with Gasteiger partial charge in [-0.3, -0.25) is 4.79 Å². The third kappa shape index (κ3) is 3.01. The summed E-state index contributed by atoms with van der Waals surface area (Å²) in [7, 11) is 0. The Bertz CT molecular complexity index is 833. The summed E-state index contributed by atoms with van der Waals surface area (Å²) >= 11 is 1.59. The Morgan fingerprint density at radius 2 is 1.64 bits per heavy atom. The van der Waals surface area contributed by atoms with E-state index >= 15 is 0 Å². The first-order chi connectivity index (χ1) is 12.3. The molecule has 0 bridgehead atoms. The number of nitrogens with one attached hydrogen (secondary N) is 1. The van der Waals surface area contributed by atoms with Crippen molar-refractivity contribution in [3.8, 4) is 0 Å². The second-order valence-corrected chi connectivity index (χ2v) is 7.19. The highest BCUT2D eigenvalue weighted by Crippen LogP contribution is 2.58. The number of hydrogen-bond acceptors (Lipinski definition) is 3. The average molecular weight is 346 g/mol. The molecule has 3 aromatic rings. The molecule has 25 heavy (non-hydrogen) atoms. The van der Waals surface area contributed by atoms with Crippen LogP contribution in [0.1, 0.15) is 22.4 Å². The molecule has 0 saturated heterocycles. The molecule has 1 aliphatic carbocycles. The summed E-state index contributed by atoms with van der Waals surface area (Å²) in [6.07, 6.45) is 2.50. The summed E-state index contributed by atoms with van der Waals surface area (Å²) in [4.78, 5) is 13.7. The van der Waals surface area contributed by atoms with E-state index in [0.29, 0.717) is 0 Å². The van der Waals surface area contributed by atoms with Crippen LogP contribution in [-0.2, 0) is 10.2 Å². The fraction of sp³-hybridized carbons (Fsp3) is 0.143. The average Bonchev–Trinajstić information content (AvgIpc) is 3.23. The molecular weight excluding hydrogens is 328 g/mol. The SMILES string of the molecule is O=C(N/N=C\c1cccs1)[C@H]1CC1(c1ccccc1)c1ccccc1. The lowest BCUT2D eigenvalue weighted by molar-refractivity contribution is -0.122. The van der Waals surface area contributed by atoms with Gasteiger partial charge in [0.2, 0.25) is 5.91 Å². The van der Waals surface area contributed by atoms with Gasteiger partial charge in [0, 0.05) is 10.3 Å². The van der Waals surface area contributed by atoms with Gasteiger partial charge in [0.1, 0.15) is 0 Å². The Morgan fingerprint density at radius 3 is 2.20 bits per heavy atom. The van der Waals surface area contributed by atoms with Crippen LogP contribution in [0.5, 0.6) is 0 Å². The minimum Gasteiger partial charge on any atom is -0.273 e. The zero-order valence-corrected chi connectivity index (χ0v) is 14.4. The summed E-state index contributed by atoms with van der Waals surface area (Å²) < 4.78 is 0. The predicted octanol–water partition coefficient (Wildman–Crippen LogP) is 4.20. The van der Waals surface area contributed by atoms with E-state index in [1.807, 2.05) is 53.9 Å². The first-order valence-corrected chi connectivity index (χ1v) is 9.16. The van der Waals surface area contributed by atoms with Gasteiger partial charge < -0.3 is 0 Å². The maximum atomic E-state index is 12.7. The Morgan fingerprint density at radius 1 is 1.00 bits per heavy atom. The first kappa shape index (κ1) is 15.8. The third-order valence-electron chi connectivity index (χ3n) is 4.76. The van der Waals surface area contributed by atoms with Crippen molar-refractivity contribution in [1.29, 1.82) is 0 Å². The van der Waals surface area contributed by atoms with Gasteiger partial charge in [-0.1, -0.05) is 66.7 Å². The van der Waals surface area contributed by atoms with Crippen molar-refractivity contribution in [1.82, 2.24) is 5.43 Å². The first-order valence-electron chi connectivity index (χ1n) is 8.28. The Hall–Kier alpha value is -2.72. The number of hydrazone groups is 1. The smallest absolute Gasteiger partial charge is 0.244 e. The highest BCUT2D eigenvalue weighted by atomic mass is 32.1. The van der Waals surface area contributed by atoms with Gasteiger partial charge in [0.05, 0.1) is 12.1 Å². The Labute approximate surface area is 151 Å². The van der Waals surface area contributed by atoms with Crippen molar-refractivity contribution in [3.05, 3.63) is 94.2 Å². The van der Waals surface area contributed by atoms with Gasteiger partial charge in [-0.2, -0.15) is 5.10 Å². The molecule has 0 unspecified atom stereocenters. The molecular formula is C21H18N2OS. The third-order valence-corrected chi connectivity index (χ3v) is 5.57. The van der Waals surface area contributed by atoms with E-state index in [4.69, 9.17) is 0 Å². The molecule has 1 aliphatic rings. The summed E-state index contributed by atoms with van der Waals surface area (Å²) in [6, 6.07) is 24.5. The number of benzene rings is 2. The molecule has 1 fully saturated rings. The van der Waals surface area contributed by atoms with Crippen molar-refractivity contribution in [2.75, 3.05) is 0 Å². The van der Waals surface area contributed by atoms with E-state index in [1.165, 1.54) is 11.1 Å². The van der Waals surface area contributed by atoms with Crippen molar-refractivity contribution in [3.63, 3.8) is 0 Å². The van der Waals surface area contributed by atoms with Crippen LogP contribution in [0.3, 0.4) is 0 Å². The van der Waals surface area contributed by atoms with E-state index in [1.54, 1.807) is 17.6 Å². The molecule has 2 aromatic carbocycles. The van der Waals surface area contributed by atoms with Crippen LogP contribution in [-0.4, -0.2) is 12.1 Å². The van der Waals surface area contributed by atoms with Crippen LogP contribution in [0.2, 0.25) is 0 Å². The quantitative estimate of drug-likeness (QED) is 0.546. The molecule has 1 atom stereocenters. The van der Waals surface area contributed by atoms with Crippen LogP contribution in [0.25, 0.3) is 0 Å². The number of carbonyl (C=O) groups excluding carboxylic acids is 1. The molecule has 4 heteroatoms. The second kappa shape index (κ2) is 6.65. The van der Waals surface area contributed by atoms with Gasteiger partial charge in [0.25, 0.3) is 0 Å². The van der Waals surface area contributed by atoms with Gasteiger partial charge in [0.15, 0.2) is 0 Å². The van der Waals surface area contributed by atoms with Crippen LogP contribution in [0.15, 0.2) is 83.3 Å². The molecule has 124 valence electrons. The van der Waals surface area contributed by atoms with E-state index in [-0.39, 0.29) is 17.2 Å². The molecule has 1 heterocycles. The lowest BCUT2D eigenvalue weighted by atomic mass is 9.85. The van der Waals surface area contributed by atoms with E-state index in [0.717, 1.165) is 11.3 Å². The summed E-state index contributed by atoms with van der Waals surface area (Å²) in [5.74, 6) is -0.127. The lowest BCUT2D eigenvalue weighted by Gasteiger charge is -2.18. The number of amides is 1. The molecule has 1 amide bonds. The second-order valence-electron chi connectivity index (χ2n) is 6.21. The maximum absolute atomic E-state index is 12.7. The van der Waals surface area contributed by atoms with Gasteiger partial charge in [-0.25, -0.2) is 5.43 Å². The van der Waals surface area contributed by atoms with Gasteiger partial charge in [-0.15, -0.1) is 11.3 Å². The minimum absolute atomic E-state index is 0.0273. The standard InChI is InChI=1S/C21H18N2OS/c24-20(23-22-15-18-12-7-13-25-18)19-14-21(19,16-8-3-1-4-9-16)17-10-5-2-6-11-17/h1-13,15,19H,14H2,(H,23,24)/b22-15-/t19-/m1/s1. The van der Waals surface area contributed by atoms with Gasteiger partial charge >= 0.3 is 0 Å². The van der Waals surface area contributed by atoms with E-state index in [9.17, 15) is 4.79 Å². The molecule has 0 radical (unpaired) electrons. The fourth-order valence-corrected chi connectivity index (χ4v) is 4.04. The largest absolute Gasteiger partial charge is 0.273 e. The number of nitrogens with zero attached hydrogens (tertiary/aromatic N) is 1. The zero-order valence-electron chi connectivity index (χ0n) is 13.6. The molecule has 1 aromatic heterocycles. The van der Waals surface area contributed by atoms with Crippen LogP contribution in [0, 0.1) is 5.92 Å². The topological polar surface area (TPSA) is 41.5 Å². The Kier molecular flexibility index (Phi) is 4.20. The highest BCUT2D eigenvalue weighted by Gasteiger charge is 2.60. The van der Waals surface area contributed by atoms with Crippen molar-refractivity contribution < 1.29 is 4.79 Å². The van der Waals surface area contributed by atoms with E-state index < -0.39 is 0 Å².